The van der Waals surface area contributed by atoms with Gasteiger partial charge in [-0.25, -0.2) is 9.78 Å². The van der Waals surface area contributed by atoms with Gasteiger partial charge in [-0.15, -0.1) is 0 Å². The molecule has 0 saturated carbocycles. The first-order valence-corrected chi connectivity index (χ1v) is 10.6. The number of carbonyl (C=O) groups excluding carboxylic acids is 1. The summed E-state index contributed by atoms with van der Waals surface area (Å²) < 4.78 is 23.2. The van der Waals surface area contributed by atoms with Gasteiger partial charge in [0.1, 0.15) is 0 Å². The van der Waals surface area contributed by atoms with Crippen LogP contribution in [0.15, 0.2) is 30.5 Å². The molecule has 1 aliphatic rings. The quantitative estimate of drug-likeness (QED) is 0.511. The van der Waals surface area contributed by atoms with E-state index >= 15 is 0 Å². The Morgan fingerprint density at radius 3 is 2.32 bits per heavy atom. The van der Waals surface area contributed by atoms with Crippen LogP contribution in [-0.4, -0.2) is 43.0 Å². The van der Waals surface area contributed by atoms with E-state index in [1.807, 2.05) is 66.7 Å². The van der Waals surface area contributed by atoms with Crippen LogP contribution in [0.4, 0.5) is 0 Å². The maximum Gasteiger partial charge on any atom is 0.500 e. The molecule has 1 aromatic heterocycles. The fraction of sp³-hybridized carbons (Fsp3) is 0.500. The summed E-state index contributed by atoms with van der Waals surface area (Å²) in [6, 6.07) is 7.52. The second kappa shape index (κ2) is 8.63. The van der Waals surface area contributed by atoms with Gasteiger partial charge in [-0.2, -0.15) is 0 Å². The molecule has 0 radical (unpaired) electrons. The summed E-state index contributed by atoms with van der Waals surface area (Å²) >= 11 is 0. The van der Waals surface area contributed by atoms with E-state index in [1.54, 1.807) is 19.4 Å². The van der Waals surface area contributed by atoms with Gasteiger partial charge in [0.2, 0.25) is 5.88 Å². The van der Waals surface area contributed by atoms with E-state index < -0.39 is 18.3 Å². The SMILES string of the molecule is COc1ncc(-c2ccc(C(=O)OCC(C)C)cc2C)cc1B1OC(C)(C)C(C)(C)O1. The molecule has 1 saturated heterocycles. The van der Waals surface area contributed by atoms with Crippen molar-refractivity contribution in [3.8, 4) is 17.0 Å². The van der Waals surface area contributed by atoms with Crippen molar-refractivity contribution in [1.29, 1.82) is 0 Å². The zero-order valence-electron chi connectivity index (χ0n) is 19.7. The normalized spacial score (nSPS) is 17.1. The standard InChI is InChI=1S/C24H32BNO5/c1-15(2)14-29-22(27)17-9-10-19(16(3)11-17)18-12-20(21(28-8)26-13-18)25-30-23(4,5)24(6,7)31-25/h9-13,15H,14H2,1-8H3. The van der Waals surface area contributed by atoms with Gasteiger partial charge in [0.05, 0.1) is 30.5 Å². The van der Waals surface area contributed by atoms with Gasteiger partial charge >= 0.3 is 13.1 Å². The lowest BCUT2D eigenvalue weighted by atomic mass is 9.78. The Bertz CT molecular complexity index is 954. The van der Waals surface area contributed by atoms with Crippen LogP contribution in [0.5, 0.6) is 5.88 Å². The van der Waals surface area contributed by atoms with Crippen molar-refractivity contribution in [3.05, 3.63) is 41.6 Å². The lowest BCUT2D eigenvalue weighted by Crippen LogP contribution is -2.41. The fourth-order valence-corrected chi connectivity index (χ4v) is 3.37. The summed E-state index contributed by atoms with van der Waals surface area (Å²) in [6.45, 7) is 14.4. The van der Waals surface area contributed by atoms with Crippen LogP contribution in [0.3, 0.4) is 0 Å². The molecule has 0 amide bonds. The number of esters is 1. The second-order valence-electron chi connectivity index (χ2n) is 9.43. The third kappa shape index (κ3) is 4.78. The topological polar surface area (TPSA) is 66.9 Å². The largest absolute Gasteiger partial charge is 0.500 e. The zero-order valence-corrected chi connectivity index (χ0v) is 19.7. The molecule has 1 fully saturated rings. The van der Waals surface area contributed by atoms with Crippen molar-refractivity contribution < 1.29 is 23.6 Å². The van der Waals surface area contributed by atoms with Crippen molar-refractivity contribution in [2.24, 2.45) is 5.92 Å². The first-order chi connectivity index (χ1) is 14.4. The predicted octanol–water partition coefficient (Wildman–Crippen LogP) is 4.18. The number of hydrogen-bond acceptors (Lipinski definition) is 6. The van der Waals surface area contributed by atoms with Gasteiger partial charge in [0.15, 0.2) is 0 Å². The molecule has 6 nitrogen and oxygen atoms in total. The molecule has 31 heavy (non-hydrogen) atoms. The number of pyridine rings is 1. The molecule has 3 rings (SSSR count). The maximum absolute atomic E-state index is 12.3. The minimum Gasteiger partial charge on any atom is -0.481 e. The molecule has 0 spiro atoms. The van der Waals surface area contributed by atoms with E-state index in [0.717, 1.165) is 22.2 Å². The number of nitrogens with zero attached hydrogens (tertiary/aromatic N) is 1. The number of aryl methyl sites for hydroxylation is 1. The first-order valence-electron chi connectivity index (χ1n) is 10.6. The highest BCUT2D eigenvalue weighted by molar-refractivity contribution is 6.63. The van der Waals surface area contributed by atoms with E-state index in [-0.39, 0.29) is 5.97 Å². The molecule has 2 aromatic rings. The fourth-order valence-electron chi connectivity index (χ4n) is 3.37. The molecule has 0 aliphatic carbocycles. The Hall–Kier alpha value is -2.38. The molecule has 166 valence electrons. The van der Waals surface area contributed by atoms with Crippen LogP contribution in [0.1, 0.15) is 57.5 Å². The van der Waals surface area contributed by atoms with E-state index in [4.69, 9.17) is 18.8 Å². The number of hydrogen-bond donors (Lipinski definition) is 0. The summed E-state index contributed by atoms with van der Waals surface area (Å²) in [6.07, 6.45) is 1.76. The van der Waals surface area contributed by atoms with Crippen LogP contribution < -0.4 is 10.2 Å². The summed E-state index contributed by atoms with van der Waals surface area (Å²) in [5, 5.41) is 0. The van der Waals surface area contributed by atoms with E-state index in [9.17, 15) is 4.79 Å². The molecule has 0 bridgehead atoms. The van der Waals surface area contributed by atoms with E-state index in [0.29, 0.717) is 24.0 Å². The Morgan fingerprint density at radius 2 is 1.77 bits per heavy atom. The van der Waals surface area contributed by atoms with Crippen LogP contribution in [0.25, 0.3) is 11.1 Å². The minimum atomic E-state index is -0.585. The van der Waals surface area contributed by atoms with Gasteiger partial charge in [0, 0.05) is 17.2 Å². The summed E-state index contributed by atoms with van der Waals surface area (Å²) in [7, 11) is 0.998. The van der Waals surface area contributed by atoms with Crippen molar-refractivity contribution >= 4 is 18.6 Å². The van der Waals surface area contributed by atoms with Gasteiger partial charge in [-0.3, -0.25) is 0 Å². The Kier molecular flexibility index (Phi) is 6.49. The van der Waals surface area contributed by atoms with Crippen molar-refractivity contribution in [2.75, 3.05) is 13.7 Å². The zero-order chi connectivity index (χ0) is 23.0. The number of methoxy groups -OCH3 is 1. The molecule has 1 aliphatic heterocycles. The molecular formula is C24H32BNO5. The molecule has 2 heterocycles. The lowest BCUT2D eigenvalue weighted by Gasteiger charge is -2.32. The monoisotopic (exact) mass is 425 g/mol. The molecule has 7 heteroatoms. The molecule has 1 aromatic carbocycles. The van der Waals surface area contributed by atoms with Crippen LogP contribution in [-0.2, 0) is 14.0 Å². The van der Waals surface area contributed by atoms with Gasteiger partial charge in [-0.1, -0.05) is 19.9 Å². The number of rotatable bonds is 6. The summed E-state index contributed by atoms with van der Waals surface area (Å²) in [4.78, 5) is 16.8. The van der Waals surface area contributed by atoms with Crippen LogP contribution in [0.2, 0.25) is 0 Å². The third-order valence-corrected chi connectivity index (χ3v) is 5.90. The maximum atomic E-state index is 12.3. The smallest absolute Gasteiger partial charge is 0.481 e. The highest BCUT2D eigenvalue weighted by Crippen LogP contribution is 2.37. The third-order valence-electron chi connectivity index (χ3n) is 5.90. The summed E-state index contributed by atoms with van der Waals surface area (Å²) in [5.41, 5.74) is 3.15. The van der Waals surface area contributed by atoms with Gasteiger partial charge < -0.3 is 18.8 Å². The molecular weight excluding hydrogens is 393 g/mol. The lowest BCUT2D eigenvalue weighted by molar-refractivity contribution is 0.00578. The number of ether oxygens (including phenoxy) is 2. The number of carbonyl (C=O) groups is 1. The Morgan fingerprint density at radius 1 is 1.13 bits per heavy atom. The molecule has 0 atom stereocenters. The van der Waals surface area contributed by atoms with Gasteiger partial charge in [-0.05, 0) is 69.9 Å². The van der Waals surface area contributed by atoms with Crippen LogP contribution >= 0.6 is 0 Å². The average molecular weight is 425 g/mol. The number of benzene rings is 1. The van der Waals surface area contributed by atoms with Crippen LogP contribution in [0, 0.1) is 12.8 Å². The Labute approximate surface area is 185 Å². The minimum absolute atomic E-state index is 0.295. The van der Waals surface area contributed by atoms with Gasteiger partial charge in [0.25, 0.3) is 0 Å². The Balaban J connectivity index is 1.92. The van der Waals surface area contributed by atoms with Crippen molar-refractivity contribution in [1.82, 2.24) is 4.98 Å². The highest BCUT2D eigenvalue weighted by Gasteiger charge is 2.52. The summed E-state index contributed by atoms with van der Waals surface area (Å²) in [5.74, 6) is 0.450. The predicted molar refractivity (Wildman–Crippen MR) is 122 cm³/mol. The first kappa shape index (κ1) is 23.3. The second-order valence-corrected chi connectivity index (χ2v) is 9.43. The van der Waals surface area contributed by atoms with E-state index in [2.05, 4.69) is 4.98 Å². The average Bonchev–Trinajstić information content (AvgIpc) is 2.92. The van der Waals surface area contributed by atoms with Crippen molar-refractivity contribution in [3.63, 3.8) is 0 Å². The molecule has 0 unspecified atom stereocenters. The molecule has 0 N–H and O–H groups in total. The number of aromatic nitrogens is 1. The van der Waals surface area contributed by atoms with E-state index in [1.165, 1.54) is 0 Å². The van der Waals surface area contributed by atoms with Crippen molar-refractivity contribution in [2.45, 2.75) is 59.7 Å². The highest BCUT2D eigenvalue weighted by atomic mass is 16.7.